The summed E-state index contributed by atoms with van der Waals surface area (Å²) < 4.78 is 18.5. The number of ether oxygens (including phenoxy) is 3. The van der Waals surface area contributed by atoms with Crippen molar-refractivity contribution in [1.82, 2.24) is 15.1 Å². The highest BCUT2D eigenvalue weighted by atomic mass is 16.6. The SMILES string of the molecule is C=CCCC(=O)N[C@H](COC)[C@H](OC(=O)[C@@H]1[C@H]2C(=O)N([C@H](CO)c3ccccc3)[C@H](C(=O)N(CC=C)CCCC)[C@]23CC[C@H]1O3)c1ccccc1. The Morgan fingerprint density at radius 1 is 1.10 bits per heavy atom. The number of carbonyl (C=O) groups excluding carboxylic acids is 4. The average Bonchev–Trinajstić information content (AvgIpc) is 3.79. The Hall–Kier alpha value is -4.32. The molecule has 3 amide bonds. The van der Waals surface area contributed by atoms with Gasteiger partial charge in [0.15, 0.2) is 0 Å². The zero-order valence-corrected chi connectivity index (χ0v) is 29.7. The lowest BCUT2D eigenvalue weighted by Crippen LogP contribution is -2.57. The van der Waals surface area contributed by atoms with Gasteiger partial charge in [-0.25, -0.2) is 0 Å². The van der Waals surface area contributed by atoms with Crippen LogP contribution in [-0.2, 0) is 33.4 Å². The van der Waals surface area contributed by atoms with E-state index in [1.165, 1.54) is 12.0 Å². The fraction of sp³-hybridized carbons (Fsp3) is 0.500. The predicted octanol–water partition coefficient (Wildman–Crippen LogP) is 4.29. The van der Waals surface area contributed by atoms with Crippen LogP contribution in [0.25, 0.3) is 0 Å². The van der Waals surface area contributed by atoms with Gasteiger partial charge in [-0.2, -0.15) is 0 Å². The number of rotatable bonds is 19. The number of esters is 1. The van der Waals surface area contributed by atoms with Crippen LogP contribution in [0.3, 0.4) is 0 Å². The Bertz CT molecular complexity index is 1540. The molecule has 3 fully saturated rings. The summed E-state index contributed by atoms with van der Waals surface area (Å²) in [6, 6.07) is 15.5. The van der Waals surface area contributed by atoms with E-state index in [4.69, 9.17) is 14.2 Å². The summed E-state index contributed by atoms with van der Waals surface area (Å²) in [6.45, 7) is 9.96. The minimum Gasteiger partial charge on any atom is -0.455 e. The van der Waals surface area contributed by atoms with Crippen LogP contribution in [0.4, 0.5) is 0 Å². The second-order valence-corrected chi connectivity index (χ2v) is 13.6. The Balaban J connectivity index is 1.53. The lowest BCUT2D eigenvalue weighted by atomic mass is 9.70. The number of nitrogens with zero attached hydrogens (tertiary/aromatic N) is 2. The number of methoxy groups -OCH3 is 1. The van der Waals surface area contributed by atoms with Gasteiger partial charge in [-0.1, -0.05) is 86.2 Å². The Morgan fingerprint density at radius 3 is 2.39 bits per heavy atom. The van der Waals surface area contributed by atoms with Crippen LogP contribution in [0, 0.1) is 11.8 Å². The minimum atomic E-state index is -1.30. The first-order valence-corrected chi connectivity index (χ1v) is 18.0. The van der Waals surface area contributed by atoms with Gasteiger partial charge in [-0.05, 0) is 36.8 Å². The molecule has 3 heterocycles. The summed E-state index contributed by atoms with van der Waals surface area (Å²) in [4.78, 5) is 60.1. The molecule has 0 unspecified atom stereocenters. The number of hydrogen-bond donors (Lipinski definition) is 2. The van der Waals surface area contributed by atoms with E-state index in [-0.39, 0.29) is 31.4 Å². The number of aliphatic hydroxyl groups excluding tert-OH is 1. The van der Waals surface area contributed by atoms with Crippen LogP contribution < -0.4 is 5.32 Å². The van der Waals surface area contributed by atoms with E-state index >= 15 is 0 Å². The standard InChI is InChI=1S/C40H51N3O8/c1-5-8-20-32(45)41-29(26-49-4)35(28-18-14-11-15-19-28)50-39(48)33-31-21-22-40(51-31)34(33)37(46)43(30(25-44)27-16-12-10-13-17-27)36(40)38(47)42(23-7-3)24-9-6-2/h5,7,10-19,29-31,33-36,44H,1,3,6,8-9,20-26H2,2,4H3,(H,41,45)/t29-,30-,31-,33+,34+,35-,36-,40+/m1/s1. The van der Waals surface area contributed by atoms with Crippen molar-refractivity contribution >= 4 is 23.7 Å². The van der Waals surface area contributed by atoms with Gasteiger partial charge < -0.3 is 34.4 Å². The molecule has 0 radical (unpaired) electrons. The maximum absolute atomic E-state index is 14.9. The molecule has 0 aliphatic carbocycles. The van der Waals surface area contributed by atoms with Crippen molar-refractivity contribution in [2.75, 3.05) is 33.4 Å². The summed E-state index contributed by atoms with van der Waals surface area (Å²) in [6.07, 6.45) is 4.85. The zero-order valence-electron chi connectivity index (χ0n) is 29.7. The number of allylic oxidation sites excluding steroid dienone is 1. The van der Waals surface area contributed by atoms with Gasteiger partial charge in [0.2, 0.25) is 17.7 Å². The first-order valence-electron chi connectivity index (χ1n) is 18.0. The van der Waals surface area contributed by atoms with Crippen LogP contribution in [-0.4, -0.2) is 95.8 Å². The van der Waals surface area contributed by atoms with Crippen molar-refractivity contribution in [3.05, 3.63) is 97.1 Å². The van der Waals surface area contributed by atoms with Crippen molar-refractivity contribution < 1.29 is 38.5 Å². The van der Waals surface area contributed by atoms with Crippen LogP contribution in [0.1, 0.15) is 68.7 Å². The molecule has 5 rings (SSSR count). The van der Waals surface area contributed by atoms with Gasteiger partial charge in [0, 0.05) is 26.6 Å². The van der Waals surface area contributed by atoms with E-state index in [2.05, 4.69) is 18.5 Å². The molecule has 11 heteroatoms. The molecule has 2 aromatic carbocycles. The topological polar surface area (TPSA) is 135 Å². The van der Waals surface area contributed by atoms with Crippen LogP contribution in [0.2, 0.25) is 0 Å². The van der Waals surface area contributed by atoms with Crippen molar-refractivity contribution in [3.63, 3.8) is 0 Å². The number of fused-ring (bicyclic) bond motifs is 1. The van der Waals surface area contributed by atoms with Crippen molar-refractivity contribution in [3.8, 4) is 0 Å². The fourth-order valence-corrected chi connectivity index (χ4v) is 8.10. The first-order chi connectivity index (χ1) is 24.8. The molecule has 0 saturated carbocycles. The summed E-state index contributed by atoms with van der Waals surface area (Å²) in [5.74, 6) is -3.67. The lowest BCUT2D eigenvalue weighted by Gasteiger charge is -2.39. The second-order valence-electron chi connectivity index (χ2n) is 13.6. The second kappa shape index (κ2) is 17.3. The first kappa shape index (κ1) is 37.9. The Kier molecular flexibility index (Phi) is 12.8. The largest absolute Gasteiger partial charge is 0.455 e. The highest BCUT2D eigenvalue weighted by Crippen LogP contribution is 2.60. The monoisotopic (exact) mass is 701 g/mol. The van der Waals surface area contributed by atoms with E-state index < -0.39 is 66.3 Å². The van der Waals surface area contributed by atoms with Gasteiger partial charge in [-0.15, -0.1) is 13.2 Å². The summed E-state index contributed by atoms with van der Waals surface area (Å²) >= 11 is 0. The van der Waals surface area contributed by atoms with Gasteiger partial charge in [0.05, 0.1) is 43.2 Å². The van der Waals surface area contributed by atoms with Crippen molar-refractivity contribution in [1.29, 1.82) is 0 Å². The number of carbonyl (C=O) groups is 4. The quantitative estimate of drug-likeness (QED) is 0.164. The molecule has 3 aliphatic rings. The molecular weight excluding hydrogens is 650 g/mol. The van der Waals surface area contributed by atoms with Crippen molar-refractivity contribution in [2.45, 2.75) is 81.4 Å². The summed E-state index contributed by atoms with van der Waals surface area (Å²) in [5, 5.41) is 13.8. The molecule has 274 valence electrons. The average molecular weight is 702 g/mol. The third-order valence-corrected chi connectivity index (χ3v) is 10.4. The van der Waals surface area contributed by atoms with E-state index in [1.807, 2.05) is 67.6 Å². The highest BCUT2D eigenvalue weighted by Gasteiger charge is 2.76. The molecule has 0 aromatic heterocycles. The van der Waals surface area contributed by atoms with Crippen molar-refractivity contribution in [2.24, 2.45) is 11.8 Å². The normalized spacial score (nSPS) is 25.1. The summed E-state index contributed by atoms with van der Waals surface area (Å²) in [5.41, 5.74) is 0.00556. The van der Waals surface area contributed by atoms with Crippen LogP contribution in [0.5, 0.6) is 0 Å². The van der Waals surface area contributed by atoms with Crippen LogP contribution >= 0.6 is 0 Å². The molecule has 2 N–H and O–H groups in total. The van der Waals surface area contributed by atoms with Crippen LogP contribution in [0.15, 0.2) is 86.0 Å². The molecular formula is C40H51N3O8. The molecule has 51 heavy (non-hydrogen) atoms. The molecule has 11 nitrogen and oxygen atoms in total. The highest BCUT2D eigenvalue weighted by molar-refractivity contribution is 5.98. The van der Waals surface area contributed by atoms with Gasteiger partial charge in [0.1, 0.15) is 17.7 Å². The molecule has 8 atom stereocenters. The maximum atomic E-state index is 14.9. The number of likely N-dealkylation sites (tertiary alicyclic amines) is 1. The van der Waals surface area contributed by atoms with E-state index in [9.17, 15) is 24.3 Å². The number of benzene rings is 2. The number of unbranched alkanes of at least 4 members (excludes halogenated alkanes) is 1. The minimum absolute atomic E-state index is 0.0556. The lowest BCUT2D eigenvalue weighted by molar-refractivity contribution is -0.163. The maximum Gasteiger partial charge on any atom is 0.313 e. The van der Waals surface area contributed by atoms with E-state index in [1.54, 1.807) is 17.1 Å². The van der Waals surface area contributed by atoms with E-state index in [0.717, 1.165) is 12.8 Å². The molecule has 1 spiro atoms. The summed E-state index contributed by atoms with van der Waals surface area (Å²) in [7, 11) is 1.50. The number of hydrogen-bond acceptors (Lipinski definition) is 8. The fourth-order valence-electron chi connectivity index (χ4n) is 8.10. The third kappa shape index (κ3) is 7.66. The molecule has 3 saturated heterocycles. The third-order valence-electron chi connectivity index (χ3n) is 10.4. The molecule has 2 bridgehead atoms. The molecule has 2 aromatic rings. The number of nitrogens with one attached hydrogen (secondary N) is 1. The Morgan fingerprint density at radius 2 is 1.78 bits per heavy atom. The van der Waals surface area contributed by atoms with Gasteiger partial charge in [0.25, 0.3) is 0 Å². The number of amides is 3. The predicted molar refractivity (Wildman–Crippen MR) is 191 cm³/mol. The zero-order chi connectivity index (χ0) is 36.5. The Labute approximate surface area is 300 Å². The van der Waals surface area contributed by atoms with Gasteiger partial charge in [-0.3, -0.25) is 19.2 Å². The smallest absolute Gasteiger partial charge is 0.313 e. The molecule has 3 aliphatic heterocycles. The van der Waals surface area contributed by atoms with E-state index in [0.29, 0.717) is 36.9 Å². The van der Waals surface area contributed by atoms with Gasteiger partial charge >= 0.3 is 5.97 Å². The number of aliphatic hydroxyl groups is 1.